The van der Waals surface area contributed by atoms with Gasteiger partial charge in [-0.15, -0.1) is 11.3 Å². The Morgan fingerprint density at radius 3 is 2.58 bits per heavy atom. The van der Waals surface area contributed by atoms with E-state index in [2.05, 4.69) is 30.0 Å². The number of carbonyl (C=O) groups is 3. The van der Waals surface area contributed by atoms with Crippen LogP contribution in [0.5, 0.6) is 5.75 Å². The van der Waals surface area contributed by atoms with E-state index < -0.39 is 34.5 Å². The fraction of sp³-hybridized carbons (Fsp3) is 0.222. The molecule has 5 aromatic rings. The predicted molar refractivity (Wildman–Crippen MR) is 161 cm³/mol. The summed E-state index contributed by atoms with van der Waals surface area (Å²) in [7, 11) is -2.45. The van der Waals surface area contributed by atoms with Crippen molar-refractivity contribution in [3.05, 3.63) is 66.7 Å². The number of sulfonamides is 1. The maximum Gasteiger partial charge on any atom is 0.413 e. The number of fused-ring (bicyclic) bond motifs is 2. The number of carbonyl (C=O) groups excluding carboxylic acids is 2. The van der Waals surface area contributed by atoms with Gasteiger partial charge in [-0.1, -0.05) is 24.3 Å². The third-order valence-corrected chi connectivity index (χ3v) is 9.19. The molecule has 0 radical (unpaired) electrons. The van der Waals surface area contributed by atoms with E-state index in [4.69, 9.17) is 9.47 Å². The first kappa shape index (κ1) is 31.2. The van der Waals surface area contributed by atoms with E-state index in [1.54, 1.807) is 55.6 Å². The normalized spacial score (nSPS) is 11.4. The second-order valence-electron chi connectivity index (χ2n) is 9.37. The molecule has 0 spiro atoms. The Bertz CT molecular complexity index is 1930. The Balaban J connectivity index is 1.21. The Hall–Kier alpha value is -5.20. The van der Waals surface area contributed by atoms with Gasteiger partial charge in [-0.25, -0.2) is 37.9 Å². The third kappa shape index (κ3) is 7.66. The van der Waals surface area contributed by atoms with Crippen molar-refractivity contribution in [3.63, 3.8) is 0 Å². The zero-order valence-corrected chi connectivity index (χ0v) is 25.2. The first-order valence-electron chi connectivity index (χ1n) is 13.2. The number of nitrogens with zero attached hydrogens (tertiary/aromatic N) is 6. The van der Waals surface area contributed by atoms with E-state index >= 15 is 0 Å². The summed E-state index contributed by atoms with van der Waals surface area (Å²) >= 11 is 0.994. The zero-order valence-electron chi connectivity index (χ0n) is 23.6. The van der Waals surface area contributed by atoms with Crippen molar-refractivity contribution in [2.24, 2.45) is 0 Å². The fourth-order valence-electron chi connectivity index (χ4n) is 4.13. The van der Waals surface area contributed by atoms with Crippen LogP contribution < -0.4 is 14.8 Å². The van der Waals surface area contributed by atoms with Crippen molar-refractivity contribution < 1.29 is 37.4 Å². The van der Waals surface area contributed by atoms with Crippen molar-refractivity contribution in [1.82, 2.24) is 34.1 Å². The fourth-order valence-corrected chi connectivity index (χ4v) is 6.42. The molecule has 18 heteroatoms. The van der Waals surface area contributed by atoms with Crippen LogP contribution in [0.3, 0.4) is 0 Å². The lowest BCUT2D eigenvalue weighted by Crippen LogP contribution is -2.42. The number of thiazole rings is 1. The SMILES string of the molecule is COc1ccc(COC(=O)Nc2ncnc3c2ncn3CC(=O)N(CCNS(=O)(=O)c2nc3ccccc3s2)CC(=O)O)cc1. The molecule has 3 N–H and O–H groups in total. The molecule has 0 unspecified atom stereocenters. The van der Waals surface area contributed by atoms with E-state index in [9.17, 15) is 27.9 Å². The molecule has 5 rings (SSSR count). The first-order chi connectivity index (χ1) is 21.6. The molecular formula is C27H26N8O8S2. The molecule has 0 atom stereocenters. The molecule has 3 aromatic heterocycles. The summed E-state index contributed by atoms with van der Waals surface area (Å²) in [6.45, 7) is -1.54. The van der Waals surface area contributed by atoms with E-state index in [1.165, 1.54) is 10.9 Å². The van der Waals surface area contributed by atoms with E-state index in [1.807, 2.05) is 0 Å². The van der Waals surface area contributed by atoms with Crippen molar-refractivity contribution in [2.75, 3.05) is 32.1 Å². The van der Waals surface area contributed by atoms with E-state index in [0.29, 0.717) is 16.0 Å². The number of para-hydroxylation sites is 1. The highest BCUT2D eigenvalue weighted by Crippen LogP contribution is 2.25. The molecule has 2 aromatic carbocycles. The lowest BCUT2D eigenvalue weighted by molar-refractivity contribution is -0.144. The number of rotatable bonds is 13. The number of ether oxygens (including phenoxy) is 2. The largest absolute Gasteiger partial charge is 0.497 e. The summed E-state index contributed by atoms with van der Waals surface area (Å²) in [6.07, 6.45) is 1.66. The maximum atomic E-state index is 13.1. The molecule has 0 aliphatic heterocycles. The topological polar surface area (TPSA) is 208 Å². The van der Waals surface area contributed by atoms with Crippen molar-refractivity contribution in [3.8, 4) is 5.75 Å². The second-order valence-corrected chi connectivity index (χ2v) is 12.3. The van der Waals surface area contributed by atoms with Crippen molar-refractivity contribution in [2.45, 2.75) is 17.5 Å². The quantitative estimate of drug-likeness (QED) is 0.167. The van der Waals surface area contributed by atoms with Crippen LogP contribution >= 0.6 is 11.3 Å². The van der Waals surface area contributed by atoms with Crippen LogP contribution in [0.1, 0.15) is 5.56 Å². The minimum Gasteiger partial charge on any atom is -0.497 e. The van der Waals surface area contributed by atoms with Crippen LogP contribution in [0, 0.1) is 0 Å². The molecule has 0 saturated heterocycles. The highest BCUT2D eigenvalue weighted by molar-refractivity contribution is 7.91. The molecular weight excluding hydrogens is 628 g/mol. The molecule has 45 heavy (non-hydrogen) atoms. The predicted octanol–water partition coefficient (Wildman–Crippen LogP) is 2.08. The van der Waals surface area contributed by atoms with Crippen molar-refractivity contribution in [1.29, 1.82) is 0 Å². The van der Waals surface area contributed by atoms with Gasteiger partial charge < -0.3 is 24.0 Å². The second kappa shape index (κ2) is 13.6. The van der Waals surface area contributed by atoms with E-state index in [-0.39, 0.29) is 47.6 Å². The highest BCUT2D eigenvalue weighted by atomic mass is 32.2. The van der Waals surface area contributed by atoms with Gasteiger partial charge >= 0.3 is 12.1 Å². The summed E-state index contributed by atoms with van der Waals surface area (Å²) in [5.74, 6) is -1.22. The maximum absolute atomic E-state index is 13.1. The van der Waals surface area contributed by atoms with Crippen LogP contribution in [-0.2, 0) is 37.5 Å². The number of methoxy groups -OCH3 is 1. The molecule has 234 valence electrons. The molecule has 3 heterocycles. The molecule has 0 fully saturated rings. The van der Waals surface area contributed by atoms with Crippen LogP contribution in [0.4, 0.5) is 10.6 Å². The molecule has 16 nitrogen and oxygen atoms in total. The summed E-state index contributed by atoms with van der Waals surface area (Å²) < 4.78 is 40.2. The van der Waals surface area contributed by atoms with Gasteiger partial charge in [-0.2, -0.15) is 0 Å². The number of aromatic nitrogens is 5. The Morgan fingerprint density at radius 2 is 1.84 bits per heavy atom. The molecule has 0 aliphatic rings. The standard InChI is InChI=1S/C27H26N8O8S2/c1-42-18-8-6-17(7-9-18)14-43-26(39)33-24-23-25(29-15-28-24)35(16-30-23)12-21(36)34(13-22(37)38)11-10-31-45(40,41)27-32-19-4-2-3-5-20(19)44-27/h2-9,15-16,31H,10-14H2,1H3,(H,37,38)(H,28,29,33,39). The van der Waals surface area contributed by atoms with Gasteiger partial charge in [0.05, 0.1) is 23.7 Å². The van der Waals surface area contributed by atoms with Gasteiger partial charge in [0.25, 0.3) is 10.0 Å². The minimum absolute atomic E-state index is 0.0107. The van der Waals surface area contributed by atoms with Gasteiger partial charge in [0.1, 0.15) is 31.8 Å². The van der Waals surface area contributed by atoms with Crippen LogP contribution in [0.25, 0.3) is 21.4 Å². The lowest BCUT2D eigenvalue weighted by atomic mass is 10.2. The number of amides is 2. The van der Waals surface area contributed by atoms with Gasteiger partial charge in [0, 0.05) is 13.1 Å². The number of hydrogen-bond donors (Lipinski definition) is 3. The number of nitrogens with one attached hydrogen (secondary N) is 2. The number of carboxylic acids is 1. The number of benzene rings is 2. The number of imidazole rings is 1. The number of carboxylic acid groups (broad SMARTS) is 1. The van der Waals surface area contributed by atoms with Crippen molar-refractivity contribution >= 4 is 66.5 Å². The third-order valence-electron chi connectivity index (χ3n) is 6.31. The summed E-state index contributed by atoms with van der Waals surface area (Å²) in [5, 5.41) is 11.9. The van der Waals surface area contributed by atoms with E-state index in [0.717, 1.165) is 28.1 Å². The Kier molecular flexibility index (Phi) is 9.45. The molecule has 0 saturated carbocycles. The summed E-state index contributed by atoms with van der Waals surface area (Å²) in [5.41, 5.74) is 1.62. The van der Waals surface area contributed by atoms with Gasteiger partial charge in [0.2, 0.25) is 10.2 Å². The van der Waals surface area contributed by atoms with Gasteiger partial charge in [0.15, 0.2) is 17.0 Å². The first-order valence-corrected chi connectivity index (χ1v) is 15.5. The minimum atomic E-state index is -4.00. The zero-order chi connectivity index (χ0) is 32.0. The summed E-state index contributed by atoms with van der Waals surface area (Å²) in [4.78, 5) is 54.5. The number of anilines is 1. The van der Waals surface area contributed by atoms with Crippen LogP contribution in [0.2, 0.25) is 0 Å². The molecule has 0 bridgehead atoms. The van der Waals surface area contributed by atoms with Gasteiger partial charge in [-0.05, 0) is 29.8 Å². The molecule has 0 aliphatic carbocycles. The number of hydrogen-bond acceptors (Lipinski definition) is 12. The van der Waals surface area contributed by atoms with Crippen LogP contribution in [-0.4, -0.2) is 87.6 Å². The number of aliphatic carboxylic acids is 1. The lowest BCUT2D eigenvalue weighted by Gasteiger charge is -2.21. The monoisotopic (exact) mass is 654 g/mol. The highest BCUT2D eigenvalue weighted by Gasteiger charge is 2.23. The molecule has 2 amide bonds. The summed E-state index contributed by atoms with van der Waals surface area (Å²) in [6, 6.07) is 13.9. The Morgan fingerprint density at radius 1 is 1.07 bits per heavy atom. The average Bonchev–Trinajstić information content (AvgIpc) is 3.65. The Labute approximate surface area is 259 Å². The van der Waals surface area contributed by atoms with Gasteiger partial charge in [-0.3, -0.25) is 14.9 Å². The smallest absolute Gasteiger partial charge is 0.413 e. The van der Waals surface area contributed by atoms with Crippen LogP contribution in [0.15, 0.2) is 65.5 Å². The average molecular weight is 655 g/mol.